The van der Waals surface area contributed by atoms with Gasteiger partial charge in [0.05, 0.1) is 5.69 Å². The number of hydrogen-bond donors (Lipinski definition) is 1. The van der Waals surface area contributed by atoms with Gasteiger partial charge in [0.1, 0.15) is 5.57 Å². The van der Waals surface area contributed by atoms with E-state index in [1.807, 2.05) is 6.92 Å². The lowest BCUT2D eigenvalue weighted by Gasteiger charge is -2.47. The first-order valence-electron chi connectivity index (χ1n) is 11.1. The maximum absolute atomic E-state index is 13.2. The van der Waals surface area contributed by atoms with Gasteiger partial charge in [-0.05, 0) is 99.2 Å². The van der Waals surface area contributed by atoms with E-state index in [1.165, 1.54) is 11.3 Å². The summed E-state index contributed by atoms with van der Waals surface area (Å²) in [5.41, 5.74) is 4.58. The molecule has 0 spiro atoms. The van der Waals surface area contributed by atoms with E-state index in [-0.39, 0.29) is 11.1 Å². The highest BCUT2D eigenvalue weighted by Crippen LogP contribution is 2.44. The van der Waals surface area contributed by atoms with Crippen LogP contribution in [0.2, 0.25) is 0 Å². The molecule has 33 heavy (non-hydrogen) atoms. The van der Waals surface area contributed by atoms with Crippen molar-refractivity contribution in [3.63, 3.8) is 0 Å². The van der Waals surface area contributed by atoms with Crippen LogP contribution in [0.1, 0.15) is 56.7 Å². The first-order valence-corrected chi connectivity index (χ1v) is 11.9. The molecule has 0 aliphatic carbocycles. The number of hydrogen-bond acceptors (Lipinski definition) is 4. The Balaban J connectivity index is 1.77. The monoisotopic (exact) mass is 509 g/mol. The van der Waals surface area contributed by atoms with Crippen LogP contribution in [0.5, 0.6) is 0 Å². The lowest BCUT2D eigenvalue weighted by atomic mass is 9.79. The lowest BCUT2D eigenvalue weighted by molar-refractivity contribution is -0.122. The van der Waals surface area contributed by atoms with Gasteiger partial charge < -0.3 is 4.90 Å². The Bertz CT molecular complexity index is 1180. The second-order valence-corrected chi connectivity index (χ2v) is 10.3. The van der Waals surface area contributed by atoms with E-state index < -0.39 is 17.8 Å². The van der Waals surface area contributed by atoms with Crippen LogP contribution in [0.4, 0.5) is 16.2 Å². The van der Waals surface area contributed by atoms with Gasteiger partial charge in [-0.25, -0.2) is 9.69 Å². The maximum atomic E-state index is 13.2. The average Bonchev–Trinajstić information content (AvgIpc) is 2.72. The van der Waals surface area contributed by atoms with Gasteiger partial charge in [-0.3, -0.25) is 14.9 Å². The van der Waals surface area contributed by atoms with E-state index in [0.717, 1.165) is 33.5 Å². The molecule has 4 amide bonds. The highest BCUT2D eigenvalue weighted by atomic mass is 79.9. The number of barbiturate groups is 1. The van der Waals surface area contributed by atoms with E-state index in [4.69, 9.17) is 0 Å². The number of imide groups is 2. The molecule has 1 fully saturated rings. The number of carbonyl (C=O) groups excluding carboxylic acids is 3. The number of fused-ring (bicyclic) bond motifs is 1. The largest absolute Gasteiger partial charge is 0.366 e. The summed E-state index contributed by atoms with van der Waals surface area (Å²) in [5.74, 6) is -0.973. The number of nitrogens with zero attached hydrogens (tertiary/aromatic N) is 2. The summed E-state index contributed by atoms with van der Waals surface area (Å²) in [6.07, 6.45) is 2.62. The number of anilines is 2. The summed E-state index contributed by atoms with van der Waals surface area (Å²) in [4.78, 5) is 41.7. The fourth-order valence-electron chi connectivity index (χ4n) is 5.04. The Morgan fingerprint density at radius 3 is 2.45 bits per heavy atom. The Morgan fingerprint density at radius 1 is 1.15 bits per heavy atom. The molecule has 2 aliphatic heterocycles. The normalized spacial score (nSPS) is 21.3. The molecule has 0 radical (unpaired) electrons. The SMILES string of the molecule is CCN1c2cc(C)c(/C=C3\C(=O)NC(=O)N(c4ccc(Br)cc4)C3=O)cc2[C@@H](C)CC1(C)C. The van der Waals surface area contributed by atoms with E-state index in [0.29, 0.717) is 11.6 Å². The van der Waals surface area contributed by atoms with Gasteiger partial charge in [-0.1, -0.05) is 22.9 Å². The van der Waals surface area contributed by atoms with E-state index >= 15 is 0 Å². The standard InChI is InChI=1S/C26H28BrN3O3/c1-6-29-22-11-15(2)17(12-20(22)16(3)14-26(29,4)5)13-21-23(31)28-25(33)30(24(21)32)19-9-7-18(27)8-10-19/h7-13,16H,6,14H2,1-5H3,(H,28,31,33)/b21-13+/t16-/m0/s1. The highest BCUT2D eigenvalue weighted by molar-refractivity contribution is 9.10. The van der Waals surface area contributed by atoms with Crippen LogP contribution in [-0.2, 0) is 9.59 Å². The Hall–Kier alpha value is -2.93. The van der Waals surface area contributed by atoms with Crippen molar-refractivity contribution in [3.05, 3.63) is 63.1 Å². The smallest absolute Gasteiger partial charge is 0.335 e. The number of nitrogens with one attached hydrogen (secondary N) is 1. The Morgan fingerprint density at radius 2 is 1.82 bits per heavy atom. The number of amides is 4. The molecule has 1 N–H and O–H groups in total. The van der Waals surface area contributed by atoms with Crippen LogP contribution in [0.15, 0.2) is 46.4 Å². The summed E-state index contributed by atoms with van der Waals surface area (Å²) >= 11 is 3.35. The number of halogens is 1. The van der Waals surface area contributed by atoms with Crippen LogP contribution >= 0.6 is 15.9 Å². The molecule has 2 aromatic carbocycles. The van der Waals surface area contributed by atoms with E-state index in [2.05, 4.69) is 66.0 Å². The first-order chi connectivity index (χ1) is 15.5. The summed E-state index contributed by atoms with van der Waals surface area (Å²) in [6.45, 7) is 11.8. The fourth-order valence-corrected chi connectivity index (χ4v) is 5.31. The second kappa shape index (κ2) is 8.45. The van der Waals surface area contributed by atoms with Crippen molar-refractivity contribution in [2.24, 2.45) is 0 Å². The van der Waals surface area contributed by atoms with Crippen LogP contribution < -0.4 is 15.1 Å². The zero-order valence-electron chi connectivity index (χ0n) is 19.5. The highest BCUT2D eigenvalue weighted by Gasteiger charge is 2.38. The first kappa shape index (κ1) is 23.2. The average molecular weight is 510 g/mol. The third-order valence-electron chi connectivity index (χ3n) is 6.58. The summed E-state index contributed by atoms with van der Waals surface area (Å²) in [6, 6.07) is 10.3. The zero-order valence-corrected chi connectivity index (χ0v) is 21.1. The summed E-state index contributed by atoms with van der Waals surface area (Å²) < 4.78 is 0.825. The molecular weight excluding hydrogens is 482 g/mol. The molecule has 1 atom stereocenters. The number of benzene rings is 2. The molecule has 2 aliphatic rings. The molecule has 0 unspecified atom stereocenters. The molecule has 4 rings (SSSR count). The van der Waals surface area contributed by atoms with Crippen molar-refractivity contribution in [1.82, 2.24) is 5.32 Å². The van der Waals surface area contributed by atoms with Gasteiger partial charge in [0.2, 0.25) is 0 Å². The summed E-state index contributed by atoms with van der Waals surface area (Å²) in [7, 11) is 0. The third-order valence-corrected chi connectivity index (χ3v) is 7.10. The van der Waals surface area contributed by atoms with E-state index in [9.17, 15) is 14.4 Å². The minimum Gasteiger partial charge on any atom is -0.366 e. The maximum Gasteiger partial charge on any atom is 0.335 e. The minimum absolute atomic E-state index is 0.0539. The van der Waals surface area contributed by atoms with Crippen molar-refractivity contribution < 1.29 is 14.4 Å². The number of aryl methyl sites for hydroxylation is 1. The molecule has 172 valence electrons. The fraction of sp³-hybridized carbons (Fsp3) is 0.346. The Labute approximate surface area is 202 Å². The number of rotatable bonds is 3. The van der Waals surface area contributed by atoms with Gasteiger partial charge in [0, 0.05) is 22.2 Å². The quantitative estimate of drug-likeness (QED) is 0.435. The topological polar surface area (TPSA) is 69.7 Å². The number of carbonyl (C=O) groups is 3. The van der Waals surface area contributed by atoms with Gasteiger partial charge in [0.15, 0.2) is 0 Å². The zero-order chi connectivity index (χ0) is 24.1. The van der Waals surface area contributed by atoms with Gasteiger partial charge in [-0.15, -0.1) is 0 Å². The van der Waals surface area contributed by atoms with E-state index in [1.54, 1.807) is 30.3 Å². The molecule has 0 saturated carbocycles. The lowest BCUT2D eigenvalue weighted by Crippen LogP contribution is -2.54. The van der Waals surface area contributed by atoms with Crippen LogP contribution in [0.25, 0.3) is 6.08 Å². The number of urea groups is 1. The van der Waals surface area contributed by atoms with Crippen molar-refractivity contribution in [2.75, 3.05) is 16.3 Å². The molecule has 2 aromatic rings. The van der Waals surface area contributed by atoms with Crippen LogP contribution in [0, 0.1) is 6.92 Å². The van der Waals surface area contributed by atoms with Crippen molar-refractivity contribution >= 4 is 51.2 Å². The predicted molar refractivity (Wildman–Crippen MR) is 134 cm³/mol. The third kappa shape index (κ3) is 4.10. The van der Waals surface area contributed by atoms with Crippen molar-refractivity contribution in [1.29, 1.82) is 0 Å². The predicted octanol–water partition coefficient (Wildman–Crippen LogP) is 5.54. The van der Waals surface area contributed by atoms with Crippen molar-refractivity contribution in [3.8, 4) is 0 Å². The molecule has 0 bridgehead atoms. The molecule has 6 nitrogen and oxygen atoms in total. The molecule has 2 heterocycles. The molecule has 7 heteroatoms. The molecular formula is C26H28BrN3O3. The van der Waals surface area contributed by atoms with Crippen LogP contribution in [0.3, 0.4) is 0 Å². The second-order valence-electron chi connectivity index (χ2n) is 9.36. The Kier molecular flexibility index (Phi) is 5.95. The van der Waals surface area contributed by atoms with Gasteiger partial charge in [-0.2, -0.15) is 0 Å². The van der Waals surface area contributed by atoms with Gasteiger partial charge >= 0.3 is 6.03 Å². The van der Waals surface area contributed by atoms with Crippen molar-refractivity contribution in [2.45, 2.75) is 52.5 Å². The van der Waals surface area contributed by atoms with Gasteiger partial charge in [0.25, 0.3) is 11.8 Å². The van der Waals surface area contributed by atoms with Crippen LogP contribution in [-0.4, -0.2) is 29.9 Å². The summed E-state index contributed by atoms with van der Waals surface area (Å²) in [5, 5.41) is 2.30. The molecule has 0 aromatic heterocycles. The molecule has 1 saturated heterocycles. The minimum atomic E-state index is -0.749.